The molecule has 2 heterocycles. The Morgan fingerprint density at radius 2 is 1.77 bits per heavy atom. The van der Waals surface area contributed by atoms with Crippen LogP contribution in [0.2, 0.25) is 0 Å². The Kier molecular flexibility index (Phi) is 6.34. The number of amides is 4. The first-order valence-electron chi connectivity index (χ1n) is 12.4. The van der Waals surface area contributed by atoms with E-state index in [4.69, 9.17) is 0 Å². The van der Waals surface area contributed by atoms with Crippen LogP contribution in [-0.2, 0) is 16.0 Å². The van der Waals surface area contributed by atoms with Gasteiger partial charge in [0.2, 0.25) is 0 Å². The first kappa shape index (κ1) is 24.7. The molecule has 184 valence electrons. The molecule has 2 aliphatic heterocycles. The van der Waals surface area contributed by atoms with Gasteiger partial charge in [-0.2, -0.15) is 0 Å². The number of carbonyl (C=O) groups is 3. The Bertz CT molecular complexity index is 1220. The van der Waals surface area contributed by atoms with E-state index in [9.17, 15) is 14.4 Å². The van der Waals surface area contributed by atoms with Gasteiger partial charge in [0.05, 0.1) is 5.69 Å². The van der Waals surface area contributed by atoms with Gasteiger partial charge in [0, 0.05) is 17.3 Å². The fourth-order valence-corrected chi connectivity index (χ4v) is 5.67. The molecule has 4 amide bonds. The second-order valence-electron chi connectivity index (χ2n) is 10.6. The fourth-order valence-electron chi connectivity index (χ4n) is 5.67. The van der Waals surface area contributed by atoms with Gasteiger partial charge in [-0.15, -0.1) is 0 Å². The molecule has 2 aromatic carbocycles. The maximum atomic E-state index is 13.4. The third-order valence-electron chi connectivity index (χ3n) is 7.18. The molecule has 0 unspecified atom stereocenters. The van der Waals surface area contributed by atoms with Crippen molar-refractivity contribution < 1.29 is 14.4 Å². The molecule has 1 atom stereocenters. The summed E-state index contributed by atoms with van der Waals surface area (Å²) in [7, 11) is 0. The van der Waals surface area contributed by atoms with Crippen LogP contribution in [0, 0.1) is 6.92 Å². The van der Waals surface area contributed by atoms with Crippen LogP contribution in [0.5, 0.6) is 0 Å². The Balaban J connectivity index is 1.77. The smallest absolute Gasteiger partial charge is 0.335 e. The van der Waals surface area contributed by atoms with Gasteiger partial charge >= 0.3 is 6.03 Å². The number of hydrogen-bond acceptors (Lipinski definition) is 4. The van der Waals surface area contributed by atoms with E-state index in [-0.39, 0.29) is 11.1 Å². The highest BCUT2D eigenvalue weighted by molar-refractivity contribution is 6.39. The predicted molar refractivity (Wildman–Crippen MR) is 141 cm³/mol. The average molecular weight is 474 g/mol. The van der Waals surface area contributed by atoms with E-state index in [1.807, 2.05) is 26.0 Å². The van der Waals surface area contributed by atoms with Crippen molar-refractivity contribution in [2.75, 3.05) is 9.80 Å². The molecule has 6 nitrogen and oxygen atoms in total. The number of benzene rings is 2. The molecule has 0 aromatic heterocycles. The molecule has 0 saturated carbocycles. The lowest BCUT2D eigenvalue weighted by Crippen LogP contribution is -2.54. The minimum absolute atomic E-state index is 0.0282. The number of barbiturate groups is 1. The molecule has 1 N–H and O–H groups in total. The highest BCUT2D eigenvalue weighted by Crippen LogP contribution is 2.45. The zero-order valence-electron chi connectivity index (χ0n) is 21.7. The standard InChI is InChI=1S/C29H35N3O3/c1-8-20-9-11-22(12-10-20)31-27(34)24(26(33)30-28(31)35)15-21-14-23-19(5)16-29(6,7)32(17(2)3)25(23)13-18(21)4/h9-15,17,19H,8,16H2,1-7H3,(H,30,33,35)/b24-15+/t19-/m1/s1. The lowest BCUT2D eigenvalue weighted by molar-refractivity contribution is -0.122. The van der Waals surface area contributed by atoms with Crippen molar-refractivity contribution in [3.63, 3.8) is 0 Å². The van der Waals surface area contributed by atoms with Crippen LogP contribution in [-0.4, -0.2) is 29.4 Å². The molecule has 0 bridgehead atoms. The van der Waals surface area contributed by atoms with Crippen molar-refractivity contribution in [3.8, 4) is 0 Å². The van der Waals surface area contributed by atoms with E-state index in [0.717, 1.165) is 34.4 Å². The van der Waals surface area contributed by atoms with Crippen molar-refractivity contribution in [1.82, 2.24) is 5.32 Å². The third-order valence-corrected chi connectivity index (χ3v) is 7.18. The Morgan fingerprint density at radius 3 is 2.37 bits per heavy atom. The van der Waals surface area contributed by atoms with E-state index in [1.54, 1.807) is 18.2 Å². The lowest BCUT2D eigenvalue weighted by Gasteiger charge is -2.50. The number of urea groups is 1. The summed E-state index contributed by atoms with van der Waals surface area (Å²) in [6.45, 7) is 15.2. The molecule has 2 aromatic rings. The summed E-state index contributed by atoms with van der Waals surface area (Å²) in [6.07, 6.45) is 3.48. The van der Waals surface area contributed by atoms with Crippen molar-refractivity contribution >= 4 is 35.3 Å². The van der Waals surface area contributed by atoms with Gasteiger partial charge in [0.25, 0.3) is 11.8 Å². The lowest BCUT2D eigenvalue weighted by atomic mass is 9.78. The molecule has 35 heavy (non-hydrogen) atoms. The molecule has 1 saturated heterocycles. The van der Waals surface area contributed by atoms with Gasteiger partial charge in [-0.05, 0) is 106 Å². The number of fused-ring (bicyclic) bond motifs is 1. The number of carbonyl (C=O) groups excluding carboxylic acids is 3. The van der Waals surface area contributed by atoms with Crippen molar-refractivity contribution in [1.29, 1.82) is 0 Å². The third kappa shape index (κ3) is 4.38. The Morgan fingerprint density at radius 1 is 1.11 bits per heavy atom. The number of nitrogens with one attached hydrogen (secondary N) is 1. The average Bonchev–Trinajstić information content (AvgIpc) is 2.76. The summed E-state index contributed by atoms with van der Waals surface area (Å²) in [4.78, 5) is 42.2. The number of nitrogens with zero attached hydrogens (tertiary/aromatic N) is 2. The quantitative estimate of drug-likeness (QED) is 0.455. The monoisotopic (exact) mass is 473 g/mol. The van der Waals surface area contributed by atoms with Crippen molar-refractivity contribution in [2.24, 2.45) is 0 Å². The molecule has 2 aliphatic rings. The van der Waals surface area contributed by atoms with Gasteiger partial charge in [-0.25, -0.2) is 9.69 Å². The summed E-state index contributed by atoms with van der Waals surface area (Å²) in [6, 6.07) is 11.1. The van der Waals surface area contributed by atoms with Gasteiger partial charge in [0.15, 0.2) is 0 Å². The summed E-state index contributed by atoms with van der Waals surface area (Å²) in [5.74, 6) is -0.951. The zero-order valence-corrected chi connectivity index (χ0v) is 21.7. The normalized spacial score (nSPS) is 21.0. The topological polar surface area (TPSA) is 69.7 Å². The van der Waals surface area contributed by atoms with E-state index in [0.29, 0.717) is 17.6 Å². The minimum atomic E-state index is -0.730. The highest BCUT2D eigenvalue weighted by Gasteiger charge is 2.39. The summed E-state index contributed by atoms with van der Waals surface area (Å²) in [5, 5.41) is 2.33. The van der Waals surface area contributed by atoms with Crippen molar-refractivity contribution in [3.05, 3.63) is 64.2 Å². The molecule has 0 aliphatic carbocycles. The van der Waals surface area contributed by atoms with Gasteiger partial charge in [-0.3, -0.25) is 14.9 Å². The second kappa shape index (κ2) is 8.99. The van der Waals surface area contributed by atoms with Crippen LogP contribution in [0.1, 0.15) is 76.1 Å². The molecular weight excluding hydrogens is 438 g/mol. The van der Waals surface area contributed by atoms with Crippen LogP contribution in [0.4, 0.5) is 16.2 Å². The molecule has 4 rings (SSSR count). The molecule has 0 spiro atoms. The molecule has 6 heteroatoms. The van der Waals surface area contributed by atoms with E-state index in [1.165, 1.54) is 11.3 Å². The molecule has 0 radical (unpaired) electrons. The van der Waals surface area contributed by atoms with Crippen LogP contribution in [0.25, 0.3) is 6.08 Å². The maximum Gasteiger partial charge on any atom is 0.335 e. The number of rotatable bonds is 4. The number of imide groups is 2. The van der Waals surface area contributed by atoms with Crippen LogP contribution in [0.15, 0.2) is 42.0 Å². The van der Waals surface area contributed by atoms with Crippen LogP contribution < -0.4 is 15.1 Å². The SMILES string of the molecule is CCc1ccc(N2C(=O)NC(=O)/C(=C\c3cc4c(cc3C)N(C(C)C)C(C)(C)C[C@H]4C)C2=O)cc1. The predicted octanol–water partition coefficient (Wildman–Crippen LogP) is 5.72. The van der Waals surface area contributed by atoms with E-state index < -0.39 is 17.8 Å². The van der Waals surface area contributed by atoms with Crippen LogP contribution in [0.3, 0.4) is 0 Å². The van der Waals surface area contributed by atoms with Gasteiger partial charge in [-0.1, -0.05) is 26.0 Å². The summed E-state index contributed by atoms with van der Waals surface area (Å²) in [5.41, 5.74) is 5.72. The van der Waals surface area contributed by atoms with Crippen LogP contribution >= 0.6 is 0 Å². The Labute approximate surface area is 208 Å². The van der Waals surface area contributed by atoms with Gasteiger partial charge < -0.3 is 4.90 Å². The molecular formula is C29H35N3O3. The summed E-state index contributed by atoms with van der Waals surface area (Å²) >= 11 is 0. The zero-order chi connectivity index (χ0) is 25.7. The first-order chi connectivity index (χ1) is 16.4. The number of anilines is 2. The van der Waals surface area contributed by atoms with E-state index >= 15 is 0 Å². The van der Waals surface area contributed by atoms with Gasteiger partial charge in [0.1, 0.15) is 5.57 Å². The largest absolute Gasteiger partial charge is 0.364 e. The Hall–Kier alpha value is -3.41. The second-order valence-corrected chi connectivity index (χ2v) is 10.6. The minimum Gasteiger partial charge on any atom is -0.364 e. The molecule has 1 fully saturated rings. The maximum absolute atomic E-state index is 13.4. The number of aryl methyl sites for hydroxylation is 2. The van der Waals surface area contributed by atoms with E-state index in [2.05, 4.69) is 57.0 Å². The highest BCUT2D eigenvalue weighted by atomic mass is 16.2. The summed E-state index contributed by atoms with van der Waals surface area (Å²) < 4.78 is 0. The van der Waals surface area contributed by atoms with Crippen molar-refractivity contribution in [2.45, 2.75) is 78.8 Å². The fraction of sp³-hybridized carbons (Fsp3) is 0.414. The first-order valence-corrected chi connectivity index (χ1v) is 12.4. The number of hydrogen-bond donors (Lipinski definition) is 1.